The molecule has 0 aliphatic rings. The molecule has 0 bridgehead atoms. The molecule has 0 aliphatic heterocycles. The maximum Gasteiger partial charge on any atom is 0.397 e. The van der Waals surface area contributed by atoms with Crippen LogP contribution in [0.1, 0.15) is 13.3 Å². The Morgan fingerprint density at radius 1 is 1.60 bits per heavy atom. The monoisotopic (exact) mass is 239 g/mol. The average molecular weight is 239 g/mol. The summed E-state index contributed by atoms with van der Waals surface area (Å²) in [6.45, 7) is 1.39. The second kappa shape index (κ2) is 6.49. The van der Waals surface area contributed by atoms with Crippen LogP contribution < -0.4 is 5.32 Å². The number of hydrogen-bond donors (Lipinski definition) is 2. The van der Waals surface area contributed by atoms with Gasteiger partial charge in [-0.15, -0.1) is 0 Å². The Morgan fingerprint density at radius 2 is 2.20 bits per heavy atom. The van der Waals surface area contributed by atoms with E-state index in [1.165, 1.54) is 0 Å². The van der Waals surface area contributed by atoms with Crippen LogP contribution in [0.5, 0.6) is 0 Å². The molecule has 0 aromatic heterocycles. The van der Waals surface area contributed by atoms with Gasteiger partial charge in [-0.25, -0.2) is 4.18 Å². The first-order valence-electron chi connectivity index (χ1n) is 4.19. The first kappa shape index (κ1) is 14.0. The van der Waals surface area contributed by atoms with Gasteiger partial charge in [0.2, 0.25) is 5.91 Å². The van der Waals surface area contributed by atoms with E-state index in [0.29, 0.717) is 6.29 Å². The first-order chi connectivity index (χ1) is 6.85. The number of aldehydes is 1. The van der Waals surface area contributed by atoms with E-state index in [0.717, 1.165) is 0 Å². The molecule has 1 amide bonds. The zero-order chi connectivity index (χ0) is 11.9. The van der Waals surface area contributed by atoms with Gasteiger partial charge in [0.1, 0.15) is 6.29 Å². The highest BCUT2D eigenvalue weighted by Crippen LogP contribution is 1.91. The summed E-state index contributed by atoms with van der Waals surface area (Å²) in [6.07, 6.45) is 0.486. The van der Waals surface area contributed by atoms with Crippen molar-refractivity contribution in [2.45, 2.75) is 13.3 Å². The molecular weight excluding hydrogens is 226 g/mol. The fraction of sp³-hybridized carbons (Fsp3) is 0.714. The molecule has 15 heavy (non-hydrogen) atoms. The van der Waals surface area contributed by atoms with Crippen molar-refractivity contribution in [2.24, 2.45) is 5.92 Å². The largest absolute Gasteiger partial charge is 0.397 e. The van der Waals surface area contributed by atoms with Crippen LogP contribution in [-0.4, -0.2) is 38.3 Å². The van der Waals surface area contributed by atoms with Crippen molar-refractivity contribution < 1.29 is 26.7 Å². The van der Waals surface area contributed by atoms with E-state index in [2.05, 4.69) is 9.50 Å². The van der Waals surface area contributed by atoms with E-state index in [1.54, 1.807) is 6.92 Å². The van der Waals surface area contributed by atoms with Gasteiger partial charge in [-0.2, -0.15) is 8.42 Å². The lowest BCUT2D eigenvalue weighted by Gasteiger charge is -2.06. The van der Waals surface area contributed by atoms with Crippen molar-refractivity contribution in [3.05, 3.63) is 0 Å². The van der Waals surface area contributed by atoms with E-state index < -0.39 is 22.9 Å². The number of carbonyl (C=O) groups excluding carboxylic acids is 2. The van der Waals surface area contributed by atoms with E-state index in [4.69, 9.17) is 4.55 Å². The third-order valence-electron chi connectivity index (χ3n) is 1.41. The van der Waals surface area contributed by atoms with Gasteiger partial charge in [0.25, 0.3) is 0 Å². The number of carbonyl (C=O) groups is 2. The Kier molecular flexibility index (Phi) is 6.06. The minimum absolute atomic E-state index is 0.189. The predicted octanol–water partition coefficient (Wildman–Crippen LogP) is -0.853. The van der Waals surface area contributed by atoms with Gasteiger partial charge in [-0.1, -0.05) is 6.92 Å². The standard InChI is InChI=1S/C7H13NO6S/c1-6(5-9)4-8-7(10)2-3-14-15(11,12)13/h5-6H,2-4H2,1H3,(H,8,10)(H,11,12,13). The molecule has 0 radical (unpaired) electrons. The summed E-state index contributed by atoms with van der Waals surface area (Å²) in [6, 6.07) is 0. The van der Waals surface area contributed by atoms with Crippen LogP contribution in [-0.2, 0) is 24.2 Å². The molecule has 0 aliphatic carbocycles. The Hall–Kier alpha value is -0.990. The van der Waals surface area contributed by atoms with Gasteiger partial charge in [0.05, 0.1) is 13.0 Å². The third kappa shape index (κ3) is 9.32. The molecule has 8 heteroatoms. The van der Waals surface area contributed by atoms with Crippen molar-refractivity contribution in [2.75, 3.05) is 13.2 Å². The lowest BCUT2D eigenvalue weighted by Crippen LogP contribution is -2.29. The number of rotatable bonds is 7. The van der Waals surface area contributed by atoms with Crippen LogP contribution in [0.25, 0.3) is 0 Å². The summed E-state index contributed by atoms with van der Waals surface area (Å²) in [7, 11) is -4.49. The van der Waals surface area contributed by atoms with Crippen LogP contribution in [0.15, 0.2) is 0 Å². The van der Waals surface area contributed by atoms with Crippen LogP contribution in [0, 0.1) is 5.92 Å². The van der Waals surface area contributed by atoms with Gasteiger partial charge < -0.3 is 10.1 Å². The predicted molar refractivity (Wildman–Crippen MR) is 50.4 cm³/mol. The molecule has 1 atom stereocenters. The number of hydrogen-bond acceptors (Lipinski definition) is 5. The Balaban J connectivity index is 3.63. The van der Waals surface area contributed by atoms with Gasteiger partial charge in [-0.3, -0.25) is 9.35 Å². The topological polar surface area (TPSA) is 110 Å². The van der Waals surface area contributed by atoms with Gasteiger partial charge in [0.15, 0.2) is 0 Å². The molecule has 1 unspecified atom stereocenters. The quantitative estimate of drug-likeness (QED) is 0.442. The van der Waals surface area contributed by atoms with E-state index >= 15 is 0 Å². The smallest absolute Gasteiger partial charge is 0.355 e. The van der Waals surface area contributed by atoms with Crippen molar-refractivity contribution >= 4 is 22.6 Å². The summed E-state index contributed by atoms with van der Waals surface area (Å²) in [5, 5.41) is 2.39. The van der Waals surface area contributed by atoms with E-state index in [9.17, 15) is 18.0 Å². The molecule has 2 N–H and O–H groups in total. The highest BCUT2D eigenvalue weighted by molar-refractivity contribution is 7.80. The maximum atomic E-state index is 11.0. The molecule has 0 saturated heterocycles. The lowest BCUT2D eigenvalue weighted by molar-refractivity contribution is -0.121. The van der Waals surface area contributed by atoms with Crippen molar-refractivity contribution in [3.8, 4) is 0 Å². The second-order valence-electron chi connectivity index (χ2n) is 2.92. The molecule has 0 fully saturated rings. The van der Waals surface area contributed by atoms with Crippen LogP contribution in [0.4, 0.5) is 0 Å². The zero-order valence-corrected chi connectivity index (χ0v) is 8.99. The minimum Gasteiger partial charge on any atom is -0.355 e. The summed E-state index contributed by atoms with van der Waals surface area (Å²) in [5.74, 6) is -0.746. The second-order valence-corrected chi connectivity index (χ2v) is 4.01. The average Bonchev–Trinajstić information content (AvgIpc) is 2.12. The fourth-order valence-electron chi connectivity index (χ4n) is 0.651. The Morgan fingerprint density at radius 3 is 2.67 bits per heavy atom. The van der Waals surface area contributed by atoms with E-state index in [1.807, 2.05) is 0 Å². The van der Waals surface area contributed by atoms with Crippen LogP contribution in [0.2, 0.25) is 0 Å². The molecule has 0 aromatic rings. The van der Waals surface area contributed by atoms with Gasteiger partial charge in [-0.05, 0) is 0 Å². The Bertz CT molecular complexity index is 311. The lowest BCUT2D eigenvalue weighted by atomic mass is 10.2. The highest BCUT2D eigenvalue weighted by atomic mass is 32.3. The Labute approximate surface area is 87.8 Å². The van der Waals surface area contributed by atoms with Gasteiger partial charge >= 0.3 is 10.4 Å². The number of amides is 1. The molecule has 7 nitrogen and oxygen atoms in total. The maximum absolute atomic E-state index is 11.0. The highest BCUT2D eigenvalue weighted by Gasteiger charge is 2.08. The molecule has 0 spiro atoms. The molecule has 88 valence electrons. The summed E-state index contributed by atoms with van der Waals surface area (Å²) >= 11 is 0. The minimum atomic E-state index is -4.49. The number of nitrogens with one attached hydrogen (secondary N) is 1. The zero-order valence-electron chi connectivity index (χ0n) is 8.17. The summed E-state index contributed by atoms with van der Waals surface area (Å²) in [5.41, 5.74) is 0. The first-order valence-corrected chi connectivity index (χ1v) is 5.55. The van der Waals surface area contributed by atoms with Crippen LogP contribution in [0.3, 0.4) is 0 Å². The van der Waals surface area contributed by atoms with E-state index in [-0.39, 0.29) is 18.9 Å². The summed E-state index contributed by atoms with van der Waals surface area (Å²) in [4.78, 5) is 21.1. The van der Waals surface area contributed by atoms with Crippen molar-refractivity contribution in [3.63, 3.8) is 0 Å². The van der Waals surface area contributed by atoms with Crippen LogP contribution >= 0.6 is 0 Å². The normalized spacial score (nSPS) is 13.2. The van der Waals surface area contributed by atoms with Gasteiger partial charge in [0, 0.05) is 12.5 Å². The molecule has 0 rings (SSSR count). The van der Waals surface area contributed by atoms with Crippen molar-refractivity contribution in [1.29, 1.82) is 0 Å². The molecular formula is C7H13NO6S. The van der Waals surface area contributed by atoms with Crippen molar-refractivity contribution in [1.82, 2.24) is 5.32 Å². The summed E-state index contributed by atoms with van der Waals surface area (Å²) < 4.78 is 32.3. The SMILES string of the molecule is CC(C=O)CNC(=O)CCOS(=O)(=O)O. The molecule has 0 saturated carbocycles. The third-order valence-corrected chi connectivity index (χ3v) is 1.88. The molecule has 0 aromatic carbocycles. The fourth-order valence-corrected chi connectivity index (χ4v) is 0.945. The molecule has 0 heterocycles.